The standard InChI is InChI=1S/C13H14N2O4S/c1-15-7-6-9(13(15)19)14-12(18)10-4-2-8(20-10)3-5-11(16)17/h2-5,9H,6-7H2,1H3,(H,14,18)(H,16,17)/b5-3+. The van der Waals surface area contributed by atoms with Crippen molar-refractivity contribution >= 4 is 35.2 Å². The van der Waals surface area contributed by atoms with Crippen molar-refractivity contribution in [2.75, 3.05) is 13.6 Å². The molecular formula is C13H14N2O4S. The van der Waals surface area contributed by atoms with E-state index >= 15 is 0 Å². The van der Waals surface area contributed by atoms with E-state index in [0.29, 0.717) is 22.7 Å². The van der Waals surface area contributed by atoms with Gasteiger partial charge < -0.3 is 15.3 Å². The molecule has 0 saturated carbocycles. The van der Waals surface area contributed by atoms with E-state index in [9.17, 15) is 14.4 Å². The Bertz CT molecular complexity index is 579. The lowest BCUT2D eigenvalue weighted by Gasteiger charge is -2.11. The highest BCUT2D eigenvalue weighted by atomic mass is 32.1. The number of rotatable bonds is 4. The molecule has 0 radical (unpaired) electrons. The first-order chi connectivity index (χ1) is 9.47. The fraction of sp³-hybridized carbons (Fsp3) is 0.308. The summed E-state index contributed by atoms with van der Waals surface area (Å²) in [5, 5.41) is 11.2. The molecule has 0 aromatic carbocycles. The van der Waals surface area contributed by atoms with E-state index in [1.807, 2.05) is 0 Å². The lowest BCUT2D eigenvalue weighted by molar-refractivity contribution is -0.131. The van der Waals surface area contributed by atoms with E-state index < -0.39 is 12.0 Å². The summed E-state index contributed by atoms with van der Waals surface area (Å²) in [6.45, 7) is 0.640. The van der Waals surface area contributed by atoms with Crippen molar-refractivity contribution in [2.45, 2.75) is 12.5 Å². The van der Waals surface area contributed by atoms with Crippen LogP contribution < -0.4 is 5.32 Å². The van der Waals surface area contributed by atoms with Gasteiger partial charge in [0, 0.05) is 24.5 Å². The van der Waals surface area contributed by atoms with Crippen LogP contribution in [0.4, 0.5) is 0 Å². The zero-order chi connectivity index (χ0) is 14.7. The van der Waals surface area contributed by atoms with Crippen molar-refractivity contribution in [3.63, 3.8) is 0 Å². The lowest BCUT2D eigenvalue weighted by atomic mass is 10.2. The van der Waals surface area contributed by atoms with Crippen molar-refractivity contribution in [3.05, 3.63) is 28.0 Å². The van der Waals surface area contributed by atoms with Gasteiger partial charge in [-0.2, -0.15) is 0 Å². The molecule has 7 heteroatoms. The predicted octanol–water partition coefficient (Wildman–Crippen LogP) is 0.806. The van der Waals surface area contributed by atoms with E-state index in [4.69, 9.17) is 5.11 Å². The highest BCUT2D eigenvalue weighted by Crippen LogP contribution is 2.19. The molecule has 2 amide bonds. The second-order valence-corrected chi connectivity index (χ2v) is 5.56. The number of carbonyl (C=O) groups excluding carboxylic acids is 2. The summed E-state index contributed by atoms with van der Waals surface area (Å²) in [6, 6.07) is 2.82. The molecule has 0 spiro atoms. The predicted molar refractivity (Wildman–Crippen MR) is 74.5 cm³/mol. The molecule has 1 aromatic rings. The van der Waals surface area contributed by atoms with Crippen LogP contribution in [0.15, 0.2) is 18.2 Å². The molecule has 1 aliphatic rings. The Balaban J connectivity index is 2.00. The van der Waals surface area contributed by atoms with Crippen molar-refractivity contribution in [2.24, 2.45) is 0 Å². The van der Waals surface area contributed by atoms with Crippen molar-refractivity contribution in [1.82, 2.24) is 10.2 Å². The largest absolute Gasteiger partial charge is 0.478 e. The van der Waals surface area contributed by atoms with E-state index in [1.165, 1.54) is 17.4 Å². The maximum absolute atomic E-state index is 12.0. The van der Waals surface area contributed by atoms with Crippen LogP contribution in [0.5, 0.6) is 0 Å². The number of nitrogens with zero attached hydrogens (tertiary/aromatic N) is 1. The van der Waals surface area contributed by atoms with Gasteiger partial charge in [-0.3, -0.25) is 9.59 Å². The number of likely N-dealkylation sites (tertiary alicyclic amines) is 1. The van der Waals surface area contributed by atoms with Gasteiger partial charge >= 0.3 is 5.97 Å². The molecule has 2 heterocycles. The number of carboxylic acid groups (broad SMARTS) is 1. The van der Waals surface area contributed by atoms with E-state index in [-0.39, 0.29) is 11.8 Å². The Morgan fingerprint density at radius 2 is 2.25 bits per heavy atom. The van der Waals surface area contributed by atoms with E-state index in [1.54, 1.807) is 24.1 Å². The maximum Gasteiger partial charge on any atom is 0.328 e. The van der Waals surface area contributed by atoms with E-state index in [0.717, 1.165) is 6.08 Å². The van der Waals surface area contributed by atoms with Gasteiger partial charge in [-0.05, 0) is 24.6 Å². The quantitative estimate of drug-likeness (QED) is 0.804. The van der Waals surface area contributed by atoms with Crippen LogP contribution in [0, 0.1) is 0 Å². The SMILES string of the molecule is CN1CCC(NC(=O)c2ccc(/C=C/C(=O)O)s2)C1=O. The molecule has 1 atom stereocenters. The summed E-state index contributed by atoms with van der Waals surface area (Å²) in [6.07, 6.45) is 3.06. The Hall–Kier alpha value is -2.15. The molecule has 106 valence electrons. The number of aliphatic carboxylic acids is 1. The zero-order valence-electron chi connectivity index (χ0n) is 10.8. The molecule has 0 aliphatic carbocycles. The summed E-state index contributed by atoms with van der Waals surface area (Å²) in [5.74, 6) is -1.43. The number of amides is 2. The Morgan fingerprint density at radius 3 is 2.85 bits per heavy atom. The average molecular weight is 294 g/mol. The van der Waals surface area contributed by atoms with Gasteiger partial charge in [0.25, 0.3) is 5.91 Å². The maximum atomic E-state index is 12.0. The first kappa shape index (κ1) is 14.3. The second-order valence-electron chi connectivity index (χ2n) is 4.45. The monoisotopic (exact) mass is 294 g/mol. The highest BCUT2D eigenvalue weighted by molar-refractivity contribution is 7.14. The number of nitrogens with one attached hydrogen (secondary N) is 1. The lowest BCUT2D eigenvalue weighted by Crippen LogP contribution is -2.40. The van der Waals surface area contributed by atoms with Crippen molar-refractivity contribution < 1.29 is 19.5 Å². The topological polar surface area (TPSA) is 86.7 Å². The Morgan fingerprint density at radius 1 is 1.50 bits per heavy atom. The van der Waals surface area contributed by atoms with Gasteiger partial charge in [0.05, 0.1) is 4.88 Å². The molecule has 20 heavy (non-hydrogen) atoms. The Labute approximate surface area is 119 Å². The fourth-order valence-electron chi connectivity index (χ4n) is 1.90. The van der Waals surface area contributed by atoms with Crippen LogP contribution in [-0.2, 0) is 9.59 Å². The molecule has 0 bridgehead atoms. The minimum Gasteiger partial charge on any atom is -0.478 e. The van der Waals surface area contributed by atoms with Crippen LogP contribution >= 0.6 is 11.3 Å². The second kappa shape index (κ2) is 5.87. The third-order valence-electron chi connectivity index (χ3n) is 2.97. The molecular weight excluding hydrogens is 280 g/mol. The molecule has 1 fully saturated rings. The number of likely N-dealkylation sites (N-methyl/N-ethyl adjacent to an activating group) is 1. The van der Waals surface area contributed by atoms with Crippen LogP contribution in [0.1, 0.15) is 21.0 Å². The summed E-state index contributed by atoms with van der Waals surface area (Å²) in [4.78, 5) is 36.8. The van der Waals surface area contributed by atoms with E-state index in [2.05, 4.69) is 5.32 Å². The third-order valence-corrected chi connectivity index (χ3v) is 4.02. The normalized spacial score (nSPS) is 18.8. The number of hydrogen-bond acceptors (Lipinski definition) is 4. The van der Waals surface area contributed by atoms with Gasteiger partial charge in [-0.25, -0.2) is 4.79 Å². The van der Waals surface area contributed by atoms with Gasteiger partial charge in [-0.1, -0.05) is 0 Å². The molecule has 1 unspecified atom stereocenters. The summed E-state index contributed by atoms with van der Waals surface area (Å²) in [7, 11) is 1.70. The summed E-state index contributed by atoms with van der Waals surface area (Å²) in [5.41, 5.74) is 0. The zero-order valence-corrected chi connectivity index (χ0v) is 11.6. The molecule has 2 N–H and O–H groups in total. The molecule has 6 nitrogen and oxygen atoms in total. The first-order valence-corrected chi connectivity index (χ1v) is 6.85. The molecule has 1 saturated heterocycles. The van der Waals surface area contributed by atoms with Crippen molar-refractivity contribution in [3.8, 4) is 0 Å². The third kappa shape index (κ3) is 3.24. The molecule has 1 aromatic heterocycles. The molecule has 1 aliphatic heterocycles. The number of hydrogen-bond donors (Lipinski definition) is 2. The van der Waals surface area contributed by atoms with Gasteiger partial charge in [0.1, 0.15) is 6.04 Å². The van der Waals surface area contributed by atoms with Crippen LogP contribution in [0.25, 0.3) is 6.08 Å². The first-order valence-electron chi connectivity index (χ1n) is 6.04. The van der Waals surface area contributed by atoms with Crippen molar-refractivity contribution in [1.29, 1.82) is 0 Å². The van der Waals surface area contributed by atoms with Gasteiger partial charge in [0.2, 0.25) is 5.91 Å². The van der Waals surface area contributed by atoms with Gasteiger partial charge in [-0.15, -0.1) is 11.3 Å². The van der Waals surface area contributed by atoms with Gasteiger partial charge in [0.15, 0.2) is 0 Å². The minimum absolute atomic E-state index is 0.0825. The fourth-order valence-corrected chi connectivity index (χ4v) is 2.72. The Kier molecular flexibility index (Phi) is 4.19. The summed E-state index contributed by atoms with van der Waals surface area (Å²) >= 11 is 1.18. The number of carbonyl (C=O) groups is 3. The van der Waals surface area contributed by atoms with Crippen LogP contribution in [-0.4, -0.2) is 47.4 Å². The average Bonchev–Trinajstić information content (AvgIpc) is 2.98. The number of carboxylic acids is 1. The minimum atomic E-state index is -1.04. The smallest absolute Gasteiger partial charge is 0.328 e. The molecule has 2 rings (SSSR count). The summed E-state index contributed by atoms with van der Waals surface area (Å²) < 4.78 is 0. The number of thiophene rings is 1. The highest BCUT2D eigenvalue weighted by Gasteiger charge is 2.30. The van der Waals surface area contributed by atoms with Crippen LogP contribution in [0.3, 0.4) is 0 Å². The van der Waals surface area contributed by atoms with Crippen LogP contribution in [0.2, 0.25) is 0 Å².